The maximum atomic E-state index is 12.9. The number of phenolic OH excluding ortho intramolecular Hbond substituents is 2. The summed E-state index contributed by atoms with van der Waals surface area (Å²) in [4.78, 5) is 12.9. The van der Waals surface area contributed by atoms with Gasteiger partial charge in [0.15, 0.2) is 23.6 Å². The average Bonchev–Trinajstić information content (AvgIpc) is 2.97. The fraction of sp³-hybridized carbons (Fsp3) is 0.536. The minimum absolute atomic E-state index is 0.0457. The van der Waals surface area contributed by atoms with Crippen LogP contribution in [0.15, 0.2) is 30.3 Å². The molecule has 5 rings (SSSR count). The van der Waals surface area contributed by atoms with Gasteiger partial charge in [0.25, 0.3) is 0 Å². The lowest BCUT2D eigenvalue weighted by molar-refractivity contribution is -0.318. The highest BCUT2D eigenvalue weighted by molar-refractivity contribution is 6.02. The van der Waals surface area contributed by atoms with Crippen molar-refractivity contribution in [3.63, 3.8) is 0 Å². The molecule has 2 saturated heterocycles. The molecule has 1 unspecified atom stereocenters. The number of benzene rings is 2. The van der Waals surface area contributed by atoms with E-state index in [4.69, 9.17) is 28.4 Å². The molecule has 0 radical (unpaired) electrons. The molecule has 0 amide bonds. The van der Waals surface area contributed by atoms with E-state index in [1.165, 1.54) is 32.2 Å². The fourth-order valence-electron chi connectivity index (χ4n) is 5.20. The van der Waals surface area contributed by atoms with Crippen LogP contribution in [0.1, 0.15) is 35.4 Å². The zero-order valence-electron chi connectivity index (χ0n) is 23.1. The van der Waals surface area contributed by atoms with E-state index >= 15 is 0 Å². The van der Waals surface area contributed by atoms with Gasteiger partial charge in [-0.25, -0.2) is 0 Å². The van der Waals surface area contributed by atoms with Crippen molar-refractivity contribution in [1.29, 1.82) is 0 Å². The van der Waals surface area contributed by atoms with E-state index in [9.17, 15) is 45.6 Å². The minimum atomic E-state index is -1.77. The van der Waals surface area contributed by atoms with Gasteiger partial charge in [-0.2, -0.15) is 0 Å². The van der Waals surface area contributed by atoms with E-state index in [2.05, 4.69) is 0 Å². The van der Waals surface area contributed by atoms with E-state index in [0.29, 0.717) is 5.56 Å². The minimum Gasteiger partial charge on any atom is -0.507 e. The molecule has 2 fully saturated rings. The van der Waals surface area contributed by atoms with Crippen LogP contribution in [0.4, 0.5) is 0 Å². The normalized spacial score (nSPS) is 36.0. The van der Waals surface area contributed by atoms with Crippen molar-refractivity contribution in [3.05, 3.63) is 41.5 Å². The average molecular weight is 611 g/mol. The third-order valence-corrected chi connectivity index (χ3v) is 7.70. The Morgan fingerprint density at radius 2 is 1.53 bits per heavy atom. The second kappa shape index (κ2) is 12.4. The van der Waals surface area contributed by atoms with Crippen LogP contribution in [-0.4, -0.2) is 122 Å². The molecule has 0 saturated carbocycles. The number of aromatic hydroxyl groups is 2. The topological polar surface area (TPSA) is 234 Å². The number of carbonyl (C=O) groups is 1. The van der Waals surface area contributed by atoms with Gasteiger partial charge in [-0.05, 0) is 24.6 Å². The fourth-order valence-corrected chi connectivity index (χ4v) is 5.20. The number of phenols is 2. The van der Waals surface area contributed by atoms with Crippen LogP contribution in [0.5, 0.6) is 28.7 Å². The molecule has 3 heterocycles. The largest absolute Gasteiger partial charge is 0.507 e. The Kier molecular flexibility index (Phi) is 8.99. The monoisotopic (exact) mass is 610 g/mol. The zero-order valence-corrected chi connectivity index (χ0v) is 23.1. The number of aliphatic hydroxyl groups is 6. The number of ketones is 1. The van der Waals surface area contributed by atoms with Crippen molar-refractivity contribution < 1.29 is 74.1 Å². The molecular weight excluding hydrogens is 576 g/mol. The van der Waals surface area contributed by atoms with Crippen molar-refractivity contribution in [3.8, 4) is 28.7 Å². The Morgan fingerprint density at radius 1 is 0.837 bits per heavy atom. The number of methoxy groups -OCH3 is 1. The third kappa shape index (κ3) is 6.08. The Labute approximate surface area is 245 Å². The highest BCUT2D eigenvalue weighted by Crippen LogP contribution is 2.43. The molecule has 11 atom stereocenters. The Morgan fingerprint density at radius 3 is 2.23 bits per heavy atom. The summed E-state index contributed by atoms with van der Waals surface area (Å²) in [6, 6.07) is 6.90. The van der Waals surface area contributed by atoms with Crippen LogP contribution in [0.25, 0.3) is 0 Å². The number of carbonyl (C=O) groups excluding carboxylic acids is 1. The van der Waals surface area contributed by atoms with E-state index in [1.807, 2.05) is 0 Å². The van der Waals surface area contributed by atoms with Crippen LogP contribution in [0, 0.1) is 0 Å². The Bertz CT molecular complexity index is 1320. The van der Waals surface area contributed by atoms with E-state index < -0.39 is 85.7 Å². The van der Waals surface area contributed by atoms with Crippen LogP contribution in [-0.2, 0) is 14.2 Å². The Balaban J connectivity index is 1.30. The summed E-state index contributed by atoms with van der Waals surface area (Å²) in [6.45, 7) is 0.964. The first-order valence-corrected chi connectivity index (χ1v) is 13.5. The first-order valence-electron chi connectivity index (χ1n) is 13.5. The van der Waals surface area contributed by atoms with E-state index in [-0.39, 0.29) is 35.0 Å². The highest BCUT2D eigenvalue weighted by atomic mass is 16.7. The number of fused-ring (bicyclic) bond motifs is 1. The molecule has 8 N–H and O–H groups in total. The zero-order chi connectivity index (χ0) is 31.2. The number of aliphatic hydroxyl groups excluding tert-OH is 6. The lowest BCUT2D eigenvalue weighted by Crippen LogP contribution is -2.61. The molecule has 0 aliphatic carbocycles. The van der Waals surface area contributed by atoms with Crippen molar-refractivity contribution in [2.24, 2.45) is 0 Å². The molecule has 43 heavy (non-hydrogen) atoms. The molecule has 2 aromatic rings. The lowest BCUT2D eigenvalue weighted by Gasteiger charge is -2.42. The number of hydrogen-bond acceptors (Lipinski definition) is 15. The first-order chi connectivity index (χ1) is 20.4. The molecule has 2 aromatic carbocycles. The molecule has 0 spiro atoms. The second-order valence-corrected chi connectivity index (χ2v) is 10.6. The van der Waals surface area contributed by atoms with E-state index in [0.717, 1.165) is 6.07 Å². The predicted octanol–water partition coefficient (Wildman–Crippen LogP) is -1.16. The second-order valence-electron chi connectivity index (χ2n) is 10.6. The predicted molar refractivity (Wildman–Crippen MR) is 141 cm³/mol. The molecule has 0 aromatic heterocycles. The lowest BCUT2D eigenvalue weighted by atomic mass is 9.95. The summed E-state index contributed by atoms with van der Waals surface area (Å²) >= 11 is 0. The van der Waals surface area contributed by atoms with E-state index in [1.54, 1.807) is 6.07 Å². The number of Topliss-reactive ketones (excluding diaryl/α,β-unsaturated/α-hetero) is 1. The molecule has 0 bridgehead atoms. The summed E-state index contributed by atoms with van der Waals surface area (Å²) in [5, 5.41) is 82.2. The third-order valence-electron chi connectivity index (χ3n) is 7.70. The Hall–Kier alpha value is -3.25. The van der Waals surface area contributed by atoms with Crippen molar-refractivity contribution in [2.75, 3.05) is 13.7 Å². The maximum Gasteiger partial charge on any atom is 0.229 e. The van der Waals surface area contributed by atoms with Crippen LogP contribution >= 0.6 is 0 Å². The van der Waals surface area contributed by atoms with Gasteiger partial charge in [-0.3, -0.25) is 4.79 Å². The van der Waals surface area contributed by atoms with Crippen LogP contribution in [0.2, 0.25) is 0 Å². The smallest absolute Gasteiger partial charge is 0.229 e. The molecular formula is C28H34O15. The number of ether oxygens (including phenoxy) is 6. The van der Waals surface area contributed by atoms with Gasteiger partial charge >= 0.3 is 0 Å². The summed E-state index contributed by atoms with van der Waals surface area (Å²) in [5.74, 6) is -0.999. The SMILES string of the molecule is COc1ccc([C@@H]2CC(=O)c3c(O)cc(OC4O[C@H](CO[C@@H]5O[C@@H](C)[C@H](O)[C@@H](O)[C@H]5O)[C@@H](O)[C@H](O)[C@H]4O)cc3O2)cc1O. The summed E-state index contributed by atoms with van der Waals surface area (Å²) in [5.41, 5.74) is 0.373. The van der Waals surface area contributed by atoms with Gasteiger partial charge in [-0.15, -0.1) is 0 Å². The maximum absolute atomic E-state index is 12.9. The van der Waals surface area contributed by atoms with Crippen molar-refractivity contribution >= 4 is 5.78 Å². The van der Waals surface area contributed by atoms with Gasteiger partial charge in [0.1, 0.15) is 71.6 Å². The molecule has 3 aliphatic rings. The number of hydrogen-bond donors (Lipinski definition) is 8. The summed E-state index contributed by atoms with van der Waals surface area (Å²) < 4.78 is 33.1. The van der Waals surface area contributed by atoms with Gasteiger partial charge in [0.05, 0.1) is 26.2 Å². The van der Waals surface area contributed by atoms with Crippen molar-refractivity contribution in [1.82, 2.24) is 0 Å². The summed E-state index contributed by atoms with van der Waals surface area (Å²) in [6.07, 6.45) is -15.9. The van der Waals surface area contributed by atoms with Gasteiger partial charge in [0, 0.05) is 12.1 Å². The van der Waals surface area contributed by atoms with Gasteiger partial charge < -0.3 is 69.3 Å². The first kappa shape index (κ1) is 31.2. The molecule has 236 valence electrons. The molecule has 15 nitrogen and oxygen atoms in total. The quantitative estimate of drug-likeness (QED) is 0.185. The highest BCUT2D eigenvalue weighted by Gasteiger charge is 2.47. The van der Waals surface area contributed by atoms with Crippen LogP contribution in [0.3, 0.4) is 0 Å². The number of rotatable bonds is 7. The molecule has 3 aliphatic heterocycles. The molecule has 15 heteroatoms. The van der Waals surface area contributed by atoms with Gasteiger partial charge in [-0.1, -0.05) is 6.07 Å². The van der Waals surface area contributed by atoms with Crippen LogP contribution < -0.4 is 14.2 Å². The van der Waals surface area contributed by atoms with Crippen molar-refractivity contribution in [2.45, 2.75) is 80.9 Å². The standard InChI is InChI=1S/C28H34O15/c1-10-21(32)23(34)25(36)27(40-10)39-9-19-22(33)24(35)26(37)28(43-19)41-12-6-14(30)20-15(31)8-17(42-18(20)7-12)11-3-4-16(38-2)13(29)5-11/h3-7,10,17,19,21-30,32-37H,8-9H2,1-2H3/t10-,17-,19+,21-,22+,23+,24-,25+,26+,27+,28?/m0/s1. The summed E-state index contributed by atoms with van der Waals surface area (Å²) in [7, 11) is 1.39. The van der Waals surface area contributed by atoms with Gasteiger partial charge in [0.2, 0.25) is 6.29 Å².